The molecule has 10 heteroatoms. The number of rotatable bonds is 5. The van der Waals surface area contributed by atoms with E-state index in [-0.39, 0.29) is 29.0 Å². The first-order chi connectivity index (χ1) is 13.2. The number of hydrogen-bond acceptors (Lipinski definition) is 6. The molecule has 7 nitrogen and oxygen atoms in total. The van der Waals surface area contributed by atoms with Gasteiger partial charge in [0.1, 0.15) is 23.7 Å². The van der Waals surface area contributed by atoms with Gasteiger partial charge in [-0.2, -0.15) is 13.2 Å². The Kier molecular flexibility index (Phi) is 4.95. The van der Waals surface area contributed by atoms with Gasteiger partial charge in [-0.25, -0.2) is 4.79 Å². The summed E-state index contributed by atoms with van der Waals surface area (Å²) in [6.45, 7) is -0.153. The Morgan fingerprint density at radius 1 is 1.14 bits per heavy atom. The van der Waals surface area contributed by atoms with Crippen LogP contribution in [0.2, 0.25) is 0 Å². The van der Waals surface area contributed by atoms with Crippen LogP contribution in [0.1, 0.15) is 11.1 Å². The summed E-state index contributed by atoms with van der Waals surface area (Å²) in [6.07, 6.45) is -4.72. The molecule has 0 saturated carbocycles. The molecule has 0 fully saturated rings. The second kappa shape index (κ2) is 7.22. The zero-order chi connectivity index (χ0) is 20.5. The maximum absolute atomic E-state index is 13.1. The highest BCUT2D eigenvalue weighted by molar-refractivity contribution is 5.82. The van der Waals surface area contributed by atoms with E-state index in [9.17, 15) is 28.1 Å². The zero-order valence-corrected chi connectivity index (χ0v) is 14.3. The first-order valence-electron chi connectivity index (χ1n) is 7.78. The van der Waals surface area contributed by atoms with Crippen LogP contribution in [0.3, 0.4) is 0 Å². The molecule has 2 aromatic carbocycles. The molecule has 0 amide bonds. The average molecular weight is 395 g/mol. The van der Waals surface area contributed by atoms with E-state index in [1.807, 2.05) is 0 Å². The lowest BCUT2D eigenvalue weighted by Gasteiger charge is -2.12. The lowest BCUT2D eigenvalue weighted by molar-refractivity contribution is -0.385. The van der Waals surface area contributed by atoms with Crippen LogP contribution in [0, 0.1) is 10.1 Å². The minimum atomic E-state index is -4.72. The molecule has 0 bridgehead atoms. The molecule has 28 heavy (non-hydrogen) atoms. The van der Waals surface area contributed by atoms with Gasteiger partial charge in [-0.15, -0.1) is 0 Å². The number of fused-ring (bicyclic) bond motifs is 1. The van der Waals surface area contributed by atoms with Crippen LogP contribution in [0.4, 0.5) is 18.9 Å². The molecule has 0 saturated heterocycles. The fraction of sp³-hybridized carbons (Fsp3) is 0.167. The average Bonchev–Trinajstić information content (AvgIpc) is 2.64. The summed E-state index contributed by atoms with van der Waals surface area (Å²) in [5.41, 5.74) is -2.34. The van der Waals surface area contributed by atoms with Gasteiger partial charge >= 0.3 is 11.8 Å². The topological polar surface area (TPSA) is 91.8 Å². The number of alkyl halides is 3. The first-order valence-corrected chi connectivity index (χ1v) is 7.78. The van der Waals surface area contributed by atoms with Crippen LogP contribution < -0.4 is 15.1 Å². The minimum Gasteiger partial charge on any atom is -0.496 e. The SMILES string of the molecule is COc1ccc([N+](=O)[O-])cc1COc1ccc2c(C(F)(F)F)cc(=O)oc2c1. The Labute approximate surface area is 155 Å². The third-order valence-corrected chi connectivity index (χ3v) is 3.89. The number of non-ortho nitro benzene ring substituents is 1. The summed E-state index contributed by atoms with van der Waals surface area (Å²) in [7, 11) is 1.38. The zero-order valence-electron chi connectivity index (χ0n) is 14.3. The van der Waals surface area contributed by atoms with Crippen LogP contribution in [-0.4, -0.2) is 12.0 Å². The van der Waals surface area contributed by atoms with Crippen molar-refractivity contribution < 1.29 is 32.0 Å². The highest BCUT2D eigenvalue weighted by Crippen LogP contribution is 2.35. The van der Waals surface area contributed by atoms with Gasteiger partial charge in [0, 0.05) is 35.2 Å². The third kappa shape index (κ3) is 3.90. The van der Waals surface area contributed by atoms with Crippen molar-refractivity contribution in [3.05, 3.63) is 74.1 Å². The summed E-state index contributed by atoms with van der Waals surface area (Å²) in [6, 6.07) is 7.88. The molecule has 1 heterocycles. The van der Waals surface area contributed by atoms with Crippen molar-refractivity contribution in [3.8, 4) is 11.5 Å². The fourth-order valence-corrected chi connectivity index (χ4v) is 2.62. The Hall–Kier alpha value is -3.56. The van der Waals surface area contributed by atoms with Crippen molar-refractivity contribution in [2.75, 3.05) is 7.11 Å². The van der Waals surface area contributed by atoms with Crippen LogP contribution in [-0.2, 0) is 12.8 Å². The van der Waals surface area contributed by atoms with E-state index in [4.69, 9.17) is 13.9 Å². The van der Waals surface area contributed by atoms with E-state index in [1.54, 1.807) is 0 Å². The van der Waals surface area contributed by atoms with E-state index < -0.39 is 22.3 Å². The van der Waals surface area contributed by atoms with Crippen molar-refractivity contribution >= 4 is 16.7 Å². The summed E-state index contributed by atoms with van der Waals surface area (Å²) in [4.78, 5) is 21.8. The predicted molar refractivity (Wildman–Crippen MR) is 91.5 cm³/mol. The van der Waals surface area contributed by atoms with Crippen LogP contribution in [0.5, 0.6) is 11.5 Å². The standard InChI is InChI=1S/C18H12F3NO6/c1-26-15-5-2-11(22(24)25)6-10(15)9-27-12-3-4-13-14(18(19,20)21)8-17(23)28-16(13)7-12/h2-8H,9H2,1H3. The maximum atomic E-state index is 13.1. The van der Waals surface area contributed by atoms with Gasteiger partial charge in [0.15, 0.2) is 0 Å². The third-order valence-electron chi connectivity index (χ3n) is 3.89. The molecule has 3 aromatic rings. The van der Waals surface area contributed by atoms with Gasteiger partial charge in [0.25, 0.3) is 5.69 Å². The van der Waals surface area contributed by atoms with Crippen molar-refractivity contribution in [1.29, 1.82) is 0 Å². The van der Waals surface area contributed by atoms with Gasteiger partial charge in [-0.05, 0) is 18.2 Å². The highest BCUT2D eigenvalue weighted by Gasteiger charge is 2.33. The number of halogens is 3. The quantitative estimate of drug-likeness (QED) is 0.363. The molecule has 0 radical (unpaired) electrons. The molecule has 0 N–H and O–H groups in total. The number of ether oxygens (including phenoxy) is 2. The summed E-state index contributed by atoms with van der Waals surface area (Å²) >= 11 is 0. The van der Waals surface area contributed by atoms with E-state index in [0.717, 1.165) is 12.1 Å². The Balaban J connectivity index is 1.93. The van der Waals surface area contributed by atoms with E-state index >= 15 is 0 Å². The Bertz CT molecular complexity index is 1110. The molecule has 1 aromatic heterocycles. The highest BCUT2D eigenvalue weighted by atomic mass is 19.4. The van der Waals surface area contributed by atoms with Crippen molar-refractivity contribution in [1.82, 2.24) is 0 Å². The number of nitro groups is 1. The normalized spacial score (nSPS) is 11.4. The van der Waals surface area contributed by atoms with Gasteiger partial charge in [0.2, 0.25) is 0 Å². The molecular weight excluding hydrogens is 383 g/mol. The first kappa shape index (κ1) is 19.2. The van der Waals surface area contributed by atoms with E-state index in [1.165, 1.54) is 31.4 Å². The molecule has 0 unspecified atom stereocenters. The van der Waals surface area contributed by atoms with E-state index in [2.05, 4.69) is 0 Å². The van der Waals surface area contributed by atoms with Crippen molar-refractivity contribution in [2.24, 2.45) is 0 Å². The molecule has 0 aliphatic rings. The lowest BCUT2D eigenvalue weighted by Crippen LogP contribution is -2.11. The molecule has 0 spiro atoms. The predicted octanol–water partition coefficient (Wildman–Crippen LogP) is 4.31. The number of hydrogen-bond donors (Lipinski definition) is 0. The molecule has 0 aliphatic carbocycles. The van der Waals surface area contributed by atoms with Crippen LogP contribution >= 0.6 is 0 Å². The van der Waals surface area contributed by atoms with Gasteiger partial charge in [0.05, 0.1) is 17.6 Å². The molecule has 146 valence electrons. The number of nitrogens with zero attached hydrogens (tertiary/aromatic N) is 1. The monoisotopic (exact) mass is 395 g/mol. The van der Waals surface area contributed by atoms with Crippen LogP contribution in [0.15, 0.2) is 51.7 Å². The molecule has 0 atom stereocenters. The molecule has 0 aliphatic heterocycles. The Morgan fingerprint density at radius 2 is 1.89 bits per heavy atom. The van der Waals surface area contributed by atoms with Crippen molar-refractivity contribution in [3.63, 3.8) is 0 Å². The number of benzene rings is 2. The fourth-order valence-electron chi connectivity index (χ4n) is 2.62. The van der Waals surface area contributed by atoms with Gasteiger partial charge in [-0.1, -0.05) is 0 Å². The second-order valence-corrected chi connectivity index (χ2v) is 5.68. The van der Waals surface area contributed by atoms with Gasteiger partial charge < -0.3 is 13.9 Å². The van der Waals surface area contributed by atoms with E-state index in [0.29, 0.717) is 17.4 Å². The minimum absolute atomic E-state index is 0.114. The maximum Gasteiger partial charge on any atom is 0.417 e. The molecule has 3 rings (SSSR count). The lowest BCUT2D eigenvalue weighted by atomic mass is 10.1. The number of methoxy groups -OCH3 is 1. The van der Waals surface area contributed by atoms with Gasteiger partial charge in [-0.3, -0.25) is 10.1 Å². The summed E-state index contributed by atoms with van der Waals surface area (Å²) in [5.74, 6) is 0.459. The van der Waals surface area contributed by atoms with Crippen LogP contribution in [0.25, 0.3) is 11.0 Å². The molecular formula is C18H12F3NO6. The smallest absolute Gasteiger partial charge is 0.417 e. The summed E-state index contributed by atoms with van der Waals surface area (Å²) < 4.78 is 54.7. The Morgan fingerprint density at radius 3 is 2.54 bits per heavy atom. The second-order valence-electron chi connectivity index (χ2n) is 5.68. The largest absolute Gasteiger partial charge is 0.496 e. The van der Waals surface area contributed by atoms with Crippen molar-refractivity contribution in [2.45, 2.75) is 12.8 Å². The number of nitro benzene ring substituents is 1. The summed E-state index contributed by atoms with van der Waals surface area (Å²) in [5, 5.41) is 10.6.